The van der Waals surface area contributed by atoms with Crippen LogP contribution in [0.15, 0.2) is 0 Å². The van der Waals surface area contributed by atoms with Gasteiger partial charge in [-0.25, -0.2) is 0 Å². The zero-order chi connectivity index (χ0) is 11.9. The maximum absolute atomic E-state index is 3.43. The van der Waals surface area contributed by atoms with E-state index in [0.29, 0.717) is 5.41 Å². The van der Waals surface area contributed by atoms with Crippen molar-refractivity contribution in [2.24, 2.45) is 11.3 Å². The van der Waals surface area contributed by atoms with Crippen molar-refractivity contribution in [3.05, 3.63) is 0 Å². The number of nitrogens with one attached hydrogen (secondary N) is 1. The molecule has 0 radical (unpaired) electrons. The van der Waals surface area contributed by atoms with Crippen LogP contribution in [-0.2, 0) is 0 Å². The average Bonchev–Trinajstić information content (AvgIpc) is 2.20. The molecule has 0 aliphatic carbocycles. The molecule has 0 amide bonds. The summed E-state index contributed by atoms with van der Waals surface area (Å²) in [5.74, 6) is 0.899. The molecule has 92 valence electrons. The van der Waals surface area contributed by atoms with Gasteiger partial charge in [-0.05, 0) is 51.4 Å². The number of rotatable bonds is 3. The number of piperidine rings is 1. The Hall–Kier alpha value is -0.0800. The predicted octanol–water partition coefficient (Wildman–Crippen LogP) is 2.60. The summed E-state index contributed by atoms with van der Waals surface area (Å²) in [7, 11) is 4.34. The van der Waals surface area contributed by atoms with Crippen LogP contribution in [0.25, 0.3) is 0 Å². The molecule has 0 aromatic heterocycles. The molecular weight excluding hydrogens is 184 g/mol. The summed E-state index contributed by atoms with van der Waals surface area (Å²) in [5.41, 5.74) is 0.478. The van der Waals surface area contributed by atoms with Crippen LogP contribution in [0.5, 0.6) is 0 Å². The van der Waals surface area contributed by atoms with E-state index in [1.165, 1.54) is 32.5 Å². The van der Waals surface area contributed by atoms with Crippen LogP contribution in [0.2, 0.25) is 0 Å². The molecule has 0 unspecified atom stereocenters. The summed E-state index contributed by atoms with van der Waals surface area (Å²) < 4.78 is 0. The van der Waals surface area contributed by atoms with Gasteiger partial charge in [0.05, 0.1) is 0 Å². The third kappa shape index (κ3) is 5.53. The zero-order valence-corrected chi connectivity index (χ0v) is 11.6. The van der Waals surface area contributed by atoms with Crippen molar-refractivity contribution in [2.75, 3.05) is 33.7 Å². The number of hydrogen-bond acceptors (Lipinski definition) is 2. The lowest BCUT2D eigenvalue weighted by Gasteiger charge is -2.39. The number of nitrogens with zero attached hydrogens (tertiary/aromatic N) is 1. The van der Waals surface area contributed by atoms with E-state index in [1.807, 2.05) is 13.8 Å². The third-order valence-corrected chi connectivity index (χ3v) is 3.17. The van der Waals surface area contributed by atoms with Gasteiger partial charge in [0.25, 0.3) is 0 Å². The Bertz CT molecular complexity index is 147. The zero-order valence-electron chi connectivity index (χ0n) is 11.6. The van der Waals surface area contributed by atoms with Gasteiger partial charge in [-0.15, -0.1) is 0 Å². The molecule has 1 fully saturated rings. The lowest BCUT2D eigenvalue weighted by molar-refractivity contribution is 0.123. The fourth-order valence-corrected chi connectivity index (χ4v) is 2.55. The monoisotopic (exact) mass is 214 g/mol. The van der Waals surface area contributed by atoms with Crippen molar-refractivity contribution in [1.82, 2.24) is 10.2 Å². The molecule has 1 aliphatic heterocycles. The molecular formula is C13H30N2. The van der Waals surface area contributed by atoms with E-state index in [-0.39, 0.29) is 0 Å². The molecule has 1 N–H and O–H groups in total. The van der Waals surface area contributed by atoms with Gasteiger partial charge in [0.2, 0.25) is 0 Å². The van der Waals surface area contributed by atoms with Crippen LogP contribution in [0.4, 0.5) is 0 Å². The molecule has 0 aromatic rings. The van der Waals surface area contributed by atoms with E-state index < -0.39 is 0 Å². The highest BCUT2D eigenvalue weighted by molar-refractivity contribution is 4.83. The highest BCUT2D eigenvalue weighted by atomic mass is 15.1. The van der Waals surface area contributed by atoms with Crippen molar-refractivity contribution in [3.63, 3.8) is 0 Å². The Kier molecular flexibility index (Phi) is 7.20. The van der Waals surface area contributed by atoms with Crippen molar-refractivity contribution in [1.29, 1.82) is 0 Å². The van der Waals surface area contributed by atoms with Gasteiger partial charge in [-0.1, -0.05) is 27.7 Å². The molecule has 1 aliphatic rings. The second kappa shape index (κ2) is 7.24. The van der Waals surface area contributed by atoms with E-state index in [9.17, 15) is 0 Å². The summed E-state index contributed by atoms with van der Waals surface area (Å²) in [6.07, 6.45) is 2.70. The fraction of sp³-hybridized carbons (Fsp3) is 1.00. The summed E-state index contributed by atoms with van der Waals surface area (Å²) in [6, 6.07) is 0. The van der Waals surface area contributed by atoms with Gasteiger partial charge in [-0.3, -0.25) is 0 Å². The van der Waals surface area contributed by atoms with Crippen LogP contribution in [0, 0.1) is 11.3 Å². The normalized spacial score (nSPS) is 18.6. The van der Waals surface area contributed by atoms with E-state index in [2.05, 4.69) is 38.2 Å². The van der Waals surface area contributed by atoms with Gasteiger partial charge < -0.3 is 10.2 Å². The summed E-state index contributed by atoms with van der Waals surface area (Å²) in [6.45, 7) is 12.4. The third-order valence-electron chi connectivity index (χ3n) is 3.17. The largest absolute Gasteiger partial charge is 0.317 e. The highest BCUT2D eigenvalue weighted by Gasteiger charge is 2.30. The Morgan fingerprint density at radius 3 is 2.00 bits per heavy atom. The quantitative estimate of drug-likeness (QED) is 0.777. The Morgan fingerprint density at radius 1 is 1.13 bits per heavy atom. The van der Waals surface area contributed by atoms with Gasteiger partial charge in [0, 0.05) is 6.54 Å². The highest BCUT2D eigenvalue weighted by Crippen LogP contribution is 2.33. The molecule has 2 nitrogen and oxygen atoms in total. The summed E-state index contributed by atoms with van der Waals surface area (Å²) in [4.78, 5) is 2.31. The van der Waals surface area contributed by atoms with Crippen LogP contribution >= 0.6 is 0 Å². The summed E-state index contributed by atoms with van der Waals surface area (Å²) >= 11 is 0. The first kappa shape index (κ1) is 14.9. The van der Waals surface area contributed by atoms with Crippen molar-refractivity contribution in [2.45, 2.75) is 40.5 Å². The molecule has 1 rings (SSSR count). The molecule has 0 bridgehead atoms. The predicted molar refractivity (Wildman–Crippen MR) is 69.3 cm³/mol. The molecule has 2 heteroatoms. The molecule has 0 spiro atoms. The lowest BCUT2D eigenvalue weighted by atomic mass is 9.74. The minimum atomic E-state index is 0.478. The molecule has 0 atom stereocenters. The van der Waals surface area contributed by atoms with Crippen LogP contribution < -0.4 is 5.32 Å². The molecule has 0 aromatic carbocycles. The van der Waals surface area contributed by atoms with Gasteiger partial charge in [0.15, 0.2) is 0 Å². The molecule has 1 saturated heterocycles. The Labute approximate surface area is 96.4 Å². The second-order valence-corrected chi connectivity index (χ2v) is 5.25. The first-order valence-electron chi connectivity index (χ1n) is 6.38. The molecule has 1 heterocycles. The maximum Gasteiger partial charge on any atom is 0.00293 e. The lowest BCUT2D eigenvalue weighted by Crippen LogP contribution is -2.40. The van der Waals surface area contributed by atoms with Crippen LogP contribution in [-0.4, -0.2) is 38.6 Å². The smallest absolute Gasteiger partial charge is 0.00293 e. The van der Waals surface area contributed by atoms with Gasteiger partial charge in [-0.2, -0.15) is 0 Å². The molecule has 0 saturated carbocycles. The second-order valence-electron chi connectivity index (χ2n) is 5.25. The average molecular weight is 214 g/mol. The first-order chi connectivity index (χ1) is 7.02. The van der Waals surface area contributed by atoms with Gasteiger partial charge >= 0.3 is 0 Å². The topological polar surface area (TPSA) is 15.3 Å². The van der Waals surface area contributed by atoms with Crippen molar-refractivity contribution in [3.8, 4) is 0 Å². The van der Waals surface area contributed by atoms with Crippen LogP contribution in [0.3, 0.4) is 0 Å². The van der Waals surface area contributed by atoms with E-state index in [0.717, 1.165) is 5.92 Å². The Balaban J connectivity index is 0.000000921. The Morgan fingerprint density at radius 2 is 1.60 bits per heavy atom. The SMILES string of the molecule is CC.CN(C)CC(C)(C)C1CCNCC1. The summed E-state index contributed by atoms with van der Waals surface area (Å²) in [5, 5.41) is 3.43. The van der Waals surface area contributed by atoms with Crippen molar-refractivity contribution < 1.29 is 0 Å². The van der Waals surface area contributed by atoms with E-state index in [1.54, 1.807) is 0 Å². The number of hydrogen-bond donors (Lipinski definition) is 1. The standard InChI is InChI=1S/C11H24N2.C2H6/c1-11(2,9-13(3)4)10-5-7-12-8-6-10;1-2/h10,12H,5-9H2,1-4H3;1-2H3. The fourth-order valence-electron chi connectivity index (χ4n) is 2.55. The minimum Gasteiger partial charge on any atom is -0.317 e. The minimum absolute atomic E-state index is 0.478. The molecule has 15 heavy (non-hydrogen) atoms. The van der Waals surface area contributed by atoms with E-state index >= 15 is 0 Å². The van der Waals surface area contributed by atoms with Crippen molar-refractivity contribution >= 4 is 0 Å². The first-order valence-corrected chi connectivity index (χ1v) is 6.38. The van der Waals surface area contributed by atoms with E-state index in [4.69, 9.17) is 0 Å². The van der Waals surface area contributed by atoms with Gasteiger partial charge in [0.1, 0.15) is 0 Å². The van der Waals surface area contributed by atoms with Crippen LogP contribution in [0.1, 0.15) is 40.5 Å². The maximum atomic E-state index is 3.43.